The average molecular weight is 651 g/mol. The second kappa shape index (κ2) is 22.8. The predicted octanol–water partition coefficient (Wildman–Crippen LogP) is 8.25. The summed E-state index contributed by atoms with van der Waals surface area (Å²) in [5.74, 6) is -0.356. The van der Waals surface area contributed by atoms with Crippen molar-refractivity contribution in [1.29, 1.82) is 5.26 Å². The quantitative estimate of drug-likeness (QED) is 0.0781. The summed E-state index contributed by atoms with van der Waals surface area (Å²) in [6, 6.07) is 13.6. The average Bonchev–Trinajstić information content (AvgIpc) is 3.08. The molecule has 0 aromatic heterocycles. The molecule has 252 valence electrons. The molecule has 2 aromatic rings. The first kappa shape index (κ1) is 40.4. The zero-order chi connectivity index (χ0) is 35.9. The summed E-state index contributed by atoms with van der Waals surface area (Å²) < 4.78 is 10.3. The summed E-state index contributed by atoms with van der Waals surface area (Å²) in [6.07, 6.45) is 6.71. The number of carbonyl (C=O) groups excluding carboxylic acids is 2. The summed E-state index contributed by atoms with van der Waals surface area (Å²) >= 11 is 0. The maximum Gasteiger partial charge on any atom is 0.519 e. The fourth-order valence-electron chi connectivity index (χ4n) is 4.60. The van der Waals surface area contributed by atoms with E-state index in [1.165, 1.54) is 6.92 Å². The molecule has 0 aliphatic heterocycles. The third kappa shape index (κ3) is 14.7. The van der Waals surface area contributed by atoms with E-state index in [-0.39, 0.29) is 23.5 Å². The smallest absolute Gasteiger partial charge is 0.464 e. The Hall–Kier alpha value is -5.58. The molecule has 0 heterocycles. The number of unbranched alkanes of at least 4 members (excludes halogenated alkanes) is 2. The van der Waals surface area contributed by atoms with Crippen molar-refractivity contribution in [2.75, 3.05) is 49.2 Å². The molecule has 0 aliphatic rings. The van der Waals surface area contributed by atoms with Gasteiger partial charge < -0.3 is 19.3 Å². The van der Waals surface area contributed by atoms with Gasteiger partial charge in [-0.25, -0.2) is 10.1 Å². The number of likely N-dealkylation sites (N-methyl/N-ethyl adjacent to an activating group) is 2. The highest BCUT2D eigenvalue weighted by Gasteiger charge is 2.10. The highest BCUT2D eigenvalue weighted by atomic mass is 16.5. The highest BCUT2D eigenvalue weighted by molar-refractivity contribution is 5.69. The number of aryl methyl sites for hydroxylation is 2. The molecule has 0 radical (unpaired) electrons. The van der Waals surface area contributed by atoms with Gasteiger partial charge >= 0.3 is 17.8 Å². The van der Waals surface area contributed by atoms with E-state index in [4.69, 9.17) is 34.5 Å². The van der Waals surface area contributed by atoms with E-state index in [9.17, 15) is 9.59 Å². The molecular weight excluding hydrogens is 604 g/mol. The van der Waals surface area contributed by atoms with Crippen molar-refractivity contribution in [1.82, 2.24) is 0 Å². The first-order valence-corrected chi connectivity index (χ1v) is 16.0. The van der Waals surface area contributed by atoms with E-state index in [0.717, 1.165) is 66.0 Å². The minimum absolute atomic E-state index is 0.0538. The molecule has 10 nitrogen and oxygen atoms in total. The van der Waals surface area contributed by atoms with Gasteiger partial charge in [-0.05, 0) is 86.7 Å². The van der Waals surface area contributed by atoms with Crippen molar-refractivity contribution in [2.45, 2.75) is 67.2 Å². The Morgan fingerprint density at radius 2 is 1.33 bits per heavy atom. The number of carbonyl (C=O) groups is 2. The van der Waals surface area contributed by atoms with Crippen molar-refractivity contribution in [3.05, 3.63) is 104 Å². The first-order chi connectivity index (χ1) is 23.1. The van der Waals surface area contributed by atoms with Gasteiger partial charge in [0.15, 0.2) is 0 Å². The lowest BCUT2D eigenvalue weighted by Crippen LogP contribution is -2.28. The van der Waals surface area contributed by atoms with Crippen LogP contribution in [-0.2, 0) is 19.1 Å². The molecule has 0 N–H and O–H groups in total. The number of esters is 2. The van der Waals surface area contributed by atoms with E-state index < -0.39 is 0 Å². The van der Waals surface area contributed by atoms with E-state index in [1.54, 1.807) is 12.2 Å². The van der Waals surface area contributed by atoms with Crippen LogP contribution in [0.5, 0.6) is 0 Å². The summed E-state index contributed by atoms with van der Waals surface area (Å²) in [5.41, 5.74) is 5.84. The molecule has 0 atom stereocenters. The fraction of sp³-hybridized carbons (Fsp3) is 0.421. The fourth-order valence-corrected chi connectivity index (χ4v) is 4.60. The molecule has 0 spiro atoms. The topological polar surface area (TPSA) is 95.9 Å². The van der Waals surface area contributed by atoms with Crippen molar-refractivity contribution in [2.24, 2.45) is 0 Å². The molecule has 48 heavy (non-hydrogen) atoms. The van der Waals surface area contributed by atoms with Crippen LogP contribution in [0.1, 0.15) is 75.6 Å². The Kier molecular flexibility index (Phi) is 19.3. The van der Waals surface area contributed by atoms with Crippen molar-refractivity contribution < 1.29 is 19.1 Å². The normalized spacial score (nSPS) is 10.1. The minimum atomic E-state index is -0.279. The largest absolute Gasteiger partial charge is 0.519 e. The highest BCUT2D eigenvalue weighted by Crippen LogP contribution is 2.23. The molecule has 0 unspecified atom stereocenters. The van der Waals surface area contributed by atoms with E-state index in [0.29, 0.717) is 32.7 Å². The summed E-state index contributed by atoms with van der Waals surface area (Å²) in [7, 11) is 0. The van der Waals surface area contributed by atoms with Gasteiger partial charge in [0.25, 0.3) is 5.70 Å². The molecule has 2 aromatic carbocycles. The Morgan fingerprint density at radius 1 is 0.812 bits per heavy atom. The number of ether oxygens (including phenoxy) is 2. The summed E-state index contributed by atoms with van der Waals surface area (Å²) in [4.78, 5) is 36.3. The van der Waals surface area contributed by atoms with Gasteiger partial charge in [0.05, 0.1) is 25.7 Å². The third-order valence-electron chi connectivity index (χ3n) is 7.32. The zero-order valence-electron chi connectivity index (χ0n) is 29.0. The van der Waals surface area contributed by atoms with Crippen LogP contribution in [0.3, 0.4) is 0 Å². The van der Waals surface area contributed by atoms with Gasteiger partial charge in [-0.1, -0.05) is 31.9 Å². The van der Waals surface area contributed by atoms with Gasteiger partial charge in [0.2, 0.25) is 0 Å². The van der Waals surface area contributed by atoms with Crippen molar-refractivity contribution >= 4 is 35.5 Å². The zero-order valence-corrected chi connectivity index (χ0v) is 29.0. The summed E-state index contributed by atoms with van der Waals surface area (Å²) in [6.45, 7) is 35.9. The Labute approximate surface area is 286 Å². The van der Waals surface area contributed by atoms with Crippen LogP contribution in [0, 0.1) is 44.9 Å². The number of anilines is 2. The molecule has 0 aliphatic carbocycles. The van der Waals surface area contributed by atoms with Crippen LogP contribution in [0.15, 0.2) is 47.9 Å². The van der Waals surface area contributed by atoms with Crippen LogP contribution in [0.4, 0.5) is 11.4 Å². The SMILES string of the molecule is [C-]#[N+]C(=Cc1ccc(N(CC)CCOC(C)=O)cc1C)[N+]#[C-].[C-]#[N+]C(C#N)=Cc1ccc(N(CC)CCOC(=O)CCCCC)cc1C. The number of hydrogen-bond donors (Lipinski definition) is 0. The molecule has 0 saturated heterocycles. The molecule has 10 heteroatoms. The second-order valence-corrected chi connectivity index (χ2v) is 10.7. The third-order valence-corrected chi connectivity index (χ3v) is 7.32. The summed E-state index contributed by atoms with van der Waals surface area (Å²) in [5, 5.41) is 8.89. The van der Waals surface area contributed by atoms with Gasteiger partial charge in [-0.3, -0.25) is 9.59 Å². The maximum absolute atomic E-state index is 11.7. The Balaban J connectivity index is 0.000000487. The Bertz CT molecular complexity index is 1570. The molecule has 2 rings (SSSR count). The van der Waals surface area contributed by atoms with Crippen LogP contribution in [-0.4, -0.2) is 51.3 Å². The van der Waals surface area contributed by atoms with Gasteiger partial charge in [0, 0.05) is 43.9 Å². The second-order valence-electron chi connectivity index (χ2n) is 10.7. The van der Waals surface area contributed by atoms with E-state index >= 15 is 0 Å². The maximum atomic E-state index is 11.7. The monoisotopic (exact) mass is 650 g/mol. The lowest BCUT2D eigenvalue weighted by atomic mass is 10.1. The van der Waals surface area contributed by atoms with Crippen LogP contribution in [0.25, 0.3) is 26.7 Å². The number of benzene rings is 2. The van der Waals surface area contributed by atoms with Crippen molar-refractivity contribution in [3.8, 4) is 6.07 Å². The van der Waals surface area contributed by atoms with Gasteiger partial charge in [-0.2, -0.15) is 9.69 Å². The van der Waals surface area contributed by atoms with Crippen LogP contribution < -0.4 is 9.80 Å². The number of nitrogens with zero attached hydrogens (tertiary/aromatic N) is 6. The Morgan fingerprint density at radius 3 is 1.75 bits per heavy atom. The predicted molar refractivity (Wildman–Crippen MR) is 191 cm³/mol. The standard InChI is InChI=1S/C21H27N3O2.C17H19N3O2/c1-5-7-8-9-21(25)26-13-12-24(6-2)20-11-10-18(17(3)14-20)15-19(16-22)23-4;1-6-20(9-10-22-14(3)21)16-8-7-15(13(2)11-16)12-17(18-4)19-5/h10-11,14-15H,5-9,12-13H2,1-3H3;7-8,11-12H,6,9-10H2,1-3H3. The van der Waals surface area contributed by atoms with Gasteiger partial charge in [0.1, 0.15) is 26.4 Å². The lowest BCUT2D eigenvalue weighted by molar-refractivity contribution is -0.143. The number of rotatable bonds is 16. The minimum Gasteiger partial charge on any atom is -0.464 e. The van der Waals surface area contributed by atoms with E-state index in [1.807, 2.05) is 63.2 Å². The van der Waals surface area contributed by atoms with Crippen molar-refractivity contribution in [3.63, 3.8) is 0 Å². The molecular formula is C38H46N6O4. The first-order valence-electron chi connectivity index (χ1n) is 16.0. The molecule has 0 saturated carbocycles. The van der Waals surface area contributed by atoms with Crippen LogP contribution >= 0.6 is 0 Å². The lowest BCUT2D eigenvalue weighted by Gasteiger charge is -2.23. The molecule has 0 bridgehead atoms. The van der Waals surface area contributed by atoms with Crippen LogP contribution in [0.2, 0.25) is 0 Å². The molecule has 0 amide bonds. The number of hydrogen-bond acceptors (Lipinski definition) is 7. The molecule has 0 fully saturated rings. The van der Waals surface area contributed by atoms with E-state index in [2.05, 4.69) is 38.2 Å². The number of nitriles is 1. The van der Waals surface area contributed by atoms with Gasteiger partial charge in [-0.15, -0.1) is 0 Å². The number of allylic oxidation sites excluding steroid dienone is 1.